The highest BCUT2D eigenvalue weighted by atomic mass is 32.2. The monoisotopic (exact) mass is 364 g/mol. The molecule has 2 N–H and O–H groups in total. The van der Waals surface area contributed by atoms with Gasteiger partial charge < -0.3 is 4.98 Å². The first-order valence-corrected chi connectivity index (χ1v) is 8.84. The highest BCUT2D eigenvalue weighted by molar-refractivity contribution is 7.89. The van der Waals surface area contributed by atoms with Gasteiger partial charge in [0.1, 0.15) is 16.2 Å². The predicted octanol–water partition coefficient (Wildman–Crippen LogP) is -1.12. The van der Waals surface area contributed by atoms with Crippen LogP contribution in [-0.4, -0.2) is 39.0 Å². The van der Waals surface area contributed by atoms with Crippen molar-refractivity contribution >= 4 is 21.2 Å². The Bertz CT molecular complexity index is 1140. The van der Waals surface area contributed by atoms with Crippen LogP contribution in [0.4, 0.5) is 0 Å². The third kappa shape index (κ3) is 3.10. The molecule has 0 aromatic carbocycles. The van der Waals surface area contributed by atoms with Gasteiger partial charge in [-0.2, -0.15) is 0 Å². The Morgan fingerprint density at radius 3 is 2.68 bits per heavy atom. The van der Waals surface area contributed by atoms with E-state index in [2.05, 4.69) is 19.7 Å². The Morgan fingerprint density at radius 1 is 1.24 bits per heavy atom. The Morgan fingerprint density at radius 2 is 2.00 bits per heavy atom. The molecule has 0 aliphatic rings. The van der Waals surface area contributed by atoms with E-state index in [4.69, 9.17) is 0 Å². The van der Waals surface area contributed by atoms with Gasteiger partial charge in [0.2, 0.25) is 10.0 Å². The molecule has 3 rings (SSSR count). The number of pyridine rings is 1. The number of aromatic amines is 1. The summed E-state index contributed by atoms with van der Waals surface area (Å²) in [7, 11) is -0.770. The first-order chi connectivity index (χ1) is 11.8. The van der Waals surface area contributed by atoms with E-state index in [0.29, 0.717) is 5.82 Å². The van der Waals surface area contributed by atoms with E-state index in [9.17, 15) is 18.0 Å². The lowest BCUT2D eigenvalue weighted by molar-refractivity contribution is 0.580. The number of aromatic nitrogens is 5. The van der Waals surface area contributed by atoms with Crippen LogP contribution in [0.3, 0.4) is 0 Å². The minimum Gasteiger partial charge on any atom is -0.336 e. The van der Waals surface area contributed by atoms with Crippen LogP contribution in [0.15, 0.2) is 39.0 Å². The minimum absolute atomic E-state index is 0.0656. The number of hydrogen-bond acceptors (Lipinski definition) is 6. The zero-order valence-electron chi connectivity index (χ0n) is 13.6. The first-order valence-electron chi connectivity index (χ1n) is 7.35. The molecule has 0 aliphatic carbocycles. The summed E-state index contributed by atoms with van der Waals surface area (Å²) in [6.07, 6.45) is 2.97. The lowest BCUT2D eigenvalue weighted by atomic mass is 10.4. The fourth-order valence-electron chi connectivity index (χ4n) is 2.39. The number of hydrogen-bond donors (Lipinski definition) is 2. The van der Waals surface area contributed by atoms with Crippen LogP contribution < -0.4 is 16.0 Å². The van der Waals surface area contributed by atoms with E-state index >= 15 is 0 Å². The first kappa shape index (κ1) is 17.0. The van der Waals surface area contributed by atoms with Gasteiger partial charge in [0.05, 0.1) is 0 Å². The Labute approximate surface area is 142 Å². The van der Waals surface area contributed by atoms with E-state index in [0.717, 1.165) is 4.57 Å². The molecule has 0 fully saturated rings. The van der Waals surface area contributed by atoms with Gasteiger partial charge in [-0.1, -0.05) is 0 Å². The lowest BCUT2D eigenvalue weighted by Gasteiger charge is -2.04. The van der Waals surface area contributed by atoms with Gasteiger partial charge in [0.25, 0.3) is 5.56 Å². The zero-order chi connectivity index (χ0) is 18.2. The number of nitrogens with one attached hydrogen (secondary N) is 2. The van der Waals surface area contributed by atoms with Crippen molar-refractivity contribution < 1.29 is 8.42 Å². The van der Waals surface area contributed by atoms with Gasteiger partial charge in [-0.05, 0) is 12.1 Å². The van der Waals surface area contributed by atoms with Crippen LogP contribution in [0.5, 0.6) is 0 Å². The van der Waals surface area contributed by atoms with Gasteiger partial charge >= 0.3 is 5.69 Å². The number of rotatable bonds is 5. The summed E-state index contributed by atoms with van der Waals surface area (Å²) in [5.74, 6) is 0.405. The number of nitrogens with zero attached hydrogens (tertiary/aromatic N) is 4. The molecule has 0 unspecified atom stereocenters. The topological polar surface area (TPSA) is 132 Å². The Kier molecular flexibility index (Phi) is 4.27. The van der Waals surface area contributed by atoms with Crippen molar-refractivity contribution in [3.8, 4) is 0 Å². The van der Waals surface area contributed by atoms with Crippen LogP contribution in [0.2, 0.25) is 0 Å². The van der Waals surface area contributed by atoms with Crippen molar-refractivity contribution in [2.24, 2.45) is 14.1 Å². The van der Waals surface area contributed by atoms with Gasteiger partial charge in [-0.15, -0.1) is 0 Å². The average Bonchev–Trinajstić information content (AvgIpc) is 3.03. The quantitative estimate of drug-likeness (QED) is 0.589. The maximum Gasteiger partial charge on any atom is 0.332 e. The maximum absolute atomic E-state index is 12.1. The van der Waals surface area contributed by atoms with E-state index < -0.39 is 21.3 Å². The molecule has 0 bridgehead atoms. The number of imidazole rings is 1. The molecule has 0 saturated heterocycles. The van der Waals surface area contributed by atoms with Crippen molar-refractivity contribution in [2.45, 2.75) is 11.3 Å². The minimum atomic E-state index is -3.67. The number of aryl methyl sites for hydroxylation is 1. The van der Waals surface area contributed by atoms with Crippen molar-refractivity contribution in [3.05, 3.63) is 51.2 Å². The van der Waals surface area contributed by atoms with Crippen molar-refractivity contribution in [2.75, 3.05) is 6.54 Å². The summed E-state index contributed by atoms with van der Waals surface area (Å²) in [5, 5.41) is 0. The lowest BCUT2D eigenvalue weighted by Crippen LogP contribution is -2.36. The highest BCUT2D eigenvalue weighted by Gasteiger charge is 2.15. The van der Waals surface area contributed by atoms with Gasteiger partial charge in [0.15, 0.2) is 5.65 Å². The molecular formula is C14H16N6O4S. The molecule has 0 spiro atoms. The van der Waals surface area contributed by atoms with Crippen LogP contribution in [0.1, 0.15) is 5.82 Å². The molecule has 3 heterocycles. The fraction of sp³-hybridized carbons (Fsp3) is 0.286. The second-order valence-electron chi connectivity index (χ2n) is 5.42. The molecule has 132 valence electrons. The number of sulfonamides is 1. The number of fused-ring (bicyclic) bond motifs is 1. The molecular weight excluding hydrogens is 348 g/mol. The normalized spacial score (nSPS) is 11.9. The van der Waals surface area contributed by atoms with E-state index in [1.807, 2.05) is 0 Å². The molecule has 0 aliphatic heterocycles. The Hall–Kier alpha value is -2.79. The van der Waals surface area contributed by atoms with Gasteiger partial charge in [-0.25, -0.2) is 22.9 Å². The third-order valence-electron chi connectivity index (χ3n) is 3.74. The zero-order valence-corrected chi connectivity index (χ0v) is 14.4. The molecule has 25 heavy (non-hydrogen) atoms. The van der Waals surface area contributed by atoms with Crippen molar-refractivity contribution in [3.63, 3.8) is 0 Å². The molecule has 0 saturated carbocycles. The van der Waals surface area contributed by atoms with Gasteiger partial charge in [0, 0.05) is 39.5 Å². The second kappa shape index (κ2) is 6.26. The van der Waals surface area contributed by atoms with Crippen LogP contribution in [-0.2, 0) is 30.5 Å². The van der Waals surface area contributed by atoms with Gasteiger partial charge in [-0.3, -0.25) is 18.9 Å². The third-order valence-corrected chi connectivity index (χ3v) is 5.19. The molecule has 10 nitrogen and oxygen atoms in total. The largest absolute Gasteiger partial charge is 0.336 e. The molecule has 0 amide bonds. The van der Waals surface area contributed by atoms with E-state index in [-0.39, 0.29) is 29.0 Å². The summed E-state index contributed by atoms with van der Waals surface area (Å²) in [5.41, 5.74) is -0.520. The summed E-state index contributed by atoms with van der Waals surface area (Å²) >= 11 is 0. The van der Waals surface area contributed by atoms with E-state index in [1.165, 1.54) is 43.2 Å². The Balaban J connectivity index is 1.81. The second-order valence-corrected chi connectivity index (χ2v) is 7.19. The summed E-state index contributed by atoms with van der Waals surface area (Å²) < 4.78 is 28.9. The van der Waals surface area contributed by atoms with Crippen molar-refractivity contribution in [1.82, 2.24) is 28.8 Å². The smallest absolute Gasteiger partial charge is 0.332 e. The molecule has 3 aromatic rings. The molecule has 0 radical (unpaired) electrons. The SMILES string of the molecule is Cn1c(=O)c2[nH]c(CCNS(=O)(=O)c3cccnc3)nc2n(C)c1=O. The standard InChI is InChI=1S/C14H16N6O4S/c1-19-12-11(13(21)20(2)14(19)22)17-10(18-12)5-7-16-25(23,24)9-4-3-6-15-8-9/h3-4,6,8,16H,5,7H2,1-2H3,(H,17,18). The highest BCUT2D eigenvalue weighted by Crippen LogP contribution is 2.07. The molecule has 3 aromatic heterocycles. The summed E-state index contributed by atoms with van der Waals surface area (Å²) in [6, 6.07) is 2.97. The fourth-order valence-corrected chi connectivity index (χ4v) is 3.38. The van der Waals surface area contributed by atoms with Crippen molar-refractivity contribution in [1.29, 1.82) is 0 Å². The van der Waals surface area contributed by atoms with Crippen LogP contribution in [0, 0.1) is 0 Å². The predicted molar refractivity (Wildman–Crippen MR) is 89.7 cm³/mol. The maximum atomic E-state index is 12.1. The number of H-pyrrole nitrogens is 1. The van der Waals surface area contributed by atoms with E-state index in [1.54, 1.807) is 0 Å². The molecule has 0 atom stereocenters. The molecule has 11 heteroatoms. The average molecular weight is 364 g/mol. The van der Waals surface area contributed by atoms with Crippen LogP contribution >= 0.6 is 0 Å². The summed E-state index contributed by atoms with van der Waals surface area (Å²) in [4.78, 5) is 34.9. The van der Waals surface area contributed by atoms with Crippen LogP contribution in [0.25, 0.3) is 11.2 Å². The summed E-state index contributed by atoms with van der Waals surface area (Å²) in [6.45, 7) is 0.0747.